The molecule has 1 aliphatic heterocycles. The smallest absolute Gasteiger partial charge is 0.183 e. The fraction of sp³-hybridized carbons (Fsp3) is 0.333. The predicted octanol–water partition coefficient (Wildman–Crippen LogP) is 5.55. The number of aromatic nitrogens is 1. The maximum Gasteiger partial charge on any atom is 0.183 e. The largest absolute Gasteiger partial charge is 0.361 e. The standard InChI is InChI=1S/C21H24N4S2/c1-3-16-13-26-21(23-16)24-17-7-5-15(6-8-17)10-11-22-20-25-18-9-4-14(2)12-19(18)27-20/h4-9,12,16H,3,10-11,13H2,1-2H3,(H,22,25)(H,23,24)/t16-/m1/s1. The second-order valence-electron chi connectivity index (χ2n) is 6.80. The minimum Gasteiger partial charge on any atom is -0.361 e. The number of aryl methyl sites for hydroxylation is 1. The lowest BCUT2D eigenvalue weighted by atomic mass is 10.1. The molecule has 2 aromatic carbocycles. The molecule has 0 spiro atoms. The molecule has 4 rings (SSSR count). The Bertz CT molecular complexity index is 946. The van der Waals surface area contributed by atoms with E-state index in [1.807, 2.05) is 11.8 Å². The van der Waals surface area contributed by atoms with Gasteiger partial charge in [-0.15, -0.1) is 0 Å². The lowest BCUT2D eigenvalue weighted by Gasteiger charge is -2.07. The molecule has 0 saturated carbocycles. The first kappa shape index (κ1) is 18.3. The van der Waals surface area contributed by atoms with Gasteiger partial charge in [-0.3, -0.25) is 4.99 Å². The first-order valence-corrected chi connectivity index (χ1v) is 11.2. The van der Waals surface area contributed by atoms with Gasteiger partial charge in [0.2, 0.25) is 0 Å². The first-order valence-electron chi connectivity index (χ1n) is 9.37. The third kappa shape index (κ3) is 4.62. The van der Waals surface area contributed by atoms with Crippen LogP contribution in [-0.4, -0.2) is 28.5 Å². The van der Waals surface area contributed by atoms with Crippen molar-refractivity contribution in [2.45, 2.75) is 32.7 Å². The van der Waals surface area contributed by atoms with Gasteiger partial charge >= 0.3 is 0 Å². The number of thiazole rings is 1. The molecule has 1 atom stereocenters. The van der Waals surface area contributed by atoms with Crippen LogP contribution in [0.2, 0.25) is 0 Å². The monoisotopic (exact) mass is 396 g/mol. The molecule has 140 valence electrons. The fourth-order valence-corrected chi connectivity index (χ4v) is 5.06. The summed E-state index contributed by atoms with van der Waals surface area (Å²) >= 11 is 3.53. The lowest BCUT2D eigenvalue weighted by molar-refractivity contribution is 0.738. The maximum absolute atomic E-state index is 4.68. The van der Waals surface area contributed by atoms with E-state index in [0.29, 0.717) is 6.04 Å². The van der Waals surface area contributed by atoms with Crippen LogP contribution >= 0.6 is 23.1 Å². The molecule has 0 bridgehead atoms. The summed E-state index contributed by atoms with van der Waals surface area (Å²) in [6.07, 6.45) is 2.08. The van der Waals surface area contributed by atoms with Crippen LogP contribution in [0.4, 0.5) is 10.8 Å². The van der Waals surface area contributed by atoms with E-state index in [9.17, 15) is 0 Å². The molecule has 1 aliphatic rings. The highest BCUT2D eigenvalue weighted by atomic mass is 32.2. The summed E-state index contributed by atoms with van der Waals surface area (Å²) in [6, 6.07) is 15.5. The van der Waals surface area contributed by atoms with Gasteiger partial charge in [0.1, 0.15) is 0 Å². The van der Waals surface area contributed by atoms with E-state index >= 15 is 0 Å². The third-order valence-corrected chi connectivity index (χ3v) is 6.63. The number of anilines is 2. The number of hydrogen-bond donors (Lipinski definition) is 2. The molecule has 3 aromatic rings. The summed E-state index contributed by atoms with van der Waals surface area (Å²) in [4.78, 5) is 9.33. The van der Waals surface area contributed by atoms with E-state index < -0.39 is 0 Å². The predicted molar refractivity (Wildman–Crippen MR) is 121 cm³/mol. The number of fused-ring (bicyclic) bond motifs is 1. The van der Waals surface area contributed by atoms with E-state index in [-0.39, 0.29) is 0 Å². The first-order chi connectivity index (χ1) is 13.2. The van der Waals surface area contributed by atoms with Gasteiger partial charge in [-0.1, -0.05) is 48.2 Å². The van der Waals surface area contributed by atoms with E-state index in [2.05, 4.69) is 76.9 Å². The van der Waals surface area contributed by atoms with Crippen LogP contribution < -0.4 is 10.6 Å². The number of thioether (sulfide) groups is 1. The molecule has 2 N–H and O–H groups in total. The van der Waals surface area contributed by atoms with Crippen molar-refractivity contribution in [3.63, 3.8) is 0 Å². The highest BCUT2D eigenvalue weighted by Gasteiger charge is 2.16. The Kier molecular flexibility index (Phi) is 5.64. The third-order valence-electron chi connectivity index (χ3n) is 4.62. The Morgan fingerprint density at radius 2 is 2.00 bits per heavy atom. The number of nitrogens with zero attached hydrogens (tertiary/aromatic N) is 2. The van der Waals surface area contributed by atoms with Crippen LogP contribution in [-0.2, 0) is 6.42 Å². The van der Waals surface area contributed by atoms with Crippen LogP contribution in [0.15, 0.2) is 47.5 Å². The summed E-state index contributed by atoms with van der Waals surface area (Å²) in [5.74, 6) is 1.09. The minimum atomic E-state index is 0.467. The summed E-state index contributed by atoms with van der Waals surface area (Å²) in [5, 5.41) is 8.92. The Hall–Kier alpha value is -2.05. The number of amidine groups is 1. The van der Waals surface area contributed by atoms with Gasteiger partial charge in [-0.2, -0.15) is 0 Å². The number of rotatable bonds is 6. The summed E-state index contributed by atoms with van der Waals surface area (Å²) in [5.41, 5.74) is 4.77. The van der Waals surface area contributed by atoms with E-state index in [1.54, 1.807) is 11.3 Å². The molecule has 2 heterocycles. The second-order valence-corrected chi connectivity index (χ2v) is 8.84. The highest BCUT2D eigenvalue weighted by Crippen LogP contribution is 2.26. The van der Waals surface area contributed by atoms with Crippen molar-refractivity contribution >= 4 is 49.3 Å². The zero-order valence-electron chi connectivity index (χ0n) is 15.7. The number of benzene rings is 2. The normalized spacial score (nSPS) is 16.5. The average Bonchev–Trinajstić information content (AvgIpc) is 3.29. The second kappa shape index (κ2) is 8.31. The number of aliphatic imine (C=N–C) groups is 1. The van der Waals surface area contributed by atoms with Crippen molar-refractivity contribution in [3.05, 3.63) is 53.6 Å². The molecule has 0 amide bonds. The molecular formula is C21H24N4S2. The Labute approximate surface area is 168 Å². The van der Waals surface area contributed by atoms with Gasteiger partial charge < -0.3 is 10.6 Å². The van der Waals surface area contributed by atoms with Crippen LogP contribution in [0.5, 0.6) is 0 Å². The summed E-state index contributed by atoms with van der Waals surface area (Å²) < 4.78 is 1.24. The van der Waals surface area contributed by atoms with Crippen LogP contribution in [0, 0.1) is 6.92 Å². The van der Waals surface area contributed by atoms with Crippen molar-refractivity contribution in [3.8, 4) is 0 Å². The lowest BCUT2D eigenvalue weighted by Crippen LogP contribution is -2.06. The quantitative estimate of drug-likeness (QED) is 0.573. The van der Waals surface area contributed by atoms with Crippen LogP contribution in [0.1, 0.15) is 24.5 Å². The zero-order valence-corrected chi connectivity index (χ0v) is 17.3. The molecule has 0 aliphatic carbocycles. The van der Waals surface area contributed by atoms with Gasteiger partial charge in [-0.05, 0) is 55.2 Å². The van der Waals surface area contributed by atoms with E-state index in [1.165, 1.54) is 15.8 Å². The van der Waals surface area contributed by atoms with Crippen molar-refractivity contribution < 1.29 is 0 Å². The van der Waals surface area contributed by atoms with Gasteiger partial charge in [0.15, 0.2) is 10.3 Å². The molecule has 4 nitrogen and oxygen atoms in total. The Balaban J connectivity index is 1.29. The van der Waals surface area contributed by atoms with Gasteiger partial charge in [-0.25, -0.2) is 4.98 Å². The fourth-order valence-electron chi connectivity index (χ4n) is 2.99. The molecule has 0 fully saturated rings. The minimum absolute atomic E-state index is 0.467. The van der Waals surface area contributed by atoms with Crippen LogP contribution in [0.3, 0.4) is 0 Å². The number of hydrogen-bond acceptors (Lipinski definition) is 6. The van der Waals surface area contributed by atoms with Gasteiger partial charge in [0, 0.05) is 18.0 Å². The molecule has 1 aromatic heterocycles. The van der Waals surface area contributed by atoms with E-state index in [0.717, 1.165) is 46.6 Å². The molecular weight excluding hydrogens is 372 g/mol. The van der Waals surface area contributed by atoms with Crippen molar-refractivity contribution in [2.24, 2.45) is 4.99 Å². The summed E-state index contributed by atoms with van der Waals surface area (Å²) in [7, 11) is 0. The summed E-state index contributed by atoms with van der Waals surface area (Å²) in [6.45, 7) is 5.19. The maximum atomic E-state index is 4.68. The SMILES string of the molecule is CC[C@@H]1CSC(Nc2ccc(CCNc3nc4ccc(C)cc4s3)cc2)=N1. The Morgan fingerprint density at radius 1 is 1.15 bits per heavy atom. The highest BCUT2D eigenvalue weighted by molar-refractivity contribution is 8.14. The molecule has 6 heteroatoms. The van der Waals surface area contributed by atoms with Crippen molar-refractivity contribution in [1.29, 1.82) is 0 Å². The topological polar surface area (TPSA) is 49.3 Å². The van der Waals surface area contributed by atoms with Crippen LogP contribution in [0.25, 0.3) is 10.2 Å². The molecule has 0 unspecified atom stereocenters. The van der Waals surface area contributed by atoms with E-state index in [4.69, 9.17) is 0 Å². The van der Waals surface area contributed by atoms with Gasteiger partial charge in [0.05, 0.1) is 16.3 Å². The molecule has 0 saturated heterocycles. The average molecular weight is 397 g/mol. The molecule has 27 heavy (non-hydrogen) atoms. The zero-order chi connectivity index (χ0) is 18.6. The molecule has 0 radical (unpaired) electrons. The Morgan fingerprint density at radius 3 is 2.78 bits per heavy atom. The number of nitrogens with one attached hydrogen (secondary N) is 2. The van der Waals surface area contributed by atoms with Gasteiger partial charge in [0.25, 0.3) is 0 Å². The van der Waals surface area contributed by atoms with Crippen molar-refractivity contribution in [2.75, 3.05) is 22.9 Å². The van der Waals surface area contributed by atoms with Crippen molar-refractivity contribution in [1.82, 2.24) is 4.98 Å².